The van der Waals surface area contributed by atoms with Crippen molar-refractivity contribution in [2.75, 3.05) is 6.54 Å². The fourth-order valence-electron chi connectivity index (χ4n) is 0.879. The van der Waals surface area contributed by atoms with Gasteiger partial charge in [0.2, 0.25) is 0 Å². The minimum Gasteiger partial charge on any atom is -0.356 e. The molecular weight excluding hydrogens is 86.9 g/mol. The molecule has 3 heteroatoms. The SMILES string of the molecule is NB1CCCCN1. The molecule has 0 bridgehead atoms. The van der Waals surface area contributed by atoms with Crippen molar-refractivity contribution >= 4 is 6.98 Å². The van der Waals surface area contributed by atoms with Crippen molar-refractivity contribution in [3.05, 3.63) is 0 Å². The summed E-state index contributed by atoms with van der Waals surface area (Å²) in [7, 11) is 0. The highest BCUT2D eigenvalue weighted by molar-refractivity contribution is 6.52. The highest BCUT2D eigenvalue weighted by atomic mass is 14.9. The van der Waals surface area contributed by atoms with Gasteiger partial charge in [-0.3, -0.25) is 0 Å². The zero-order valence-corrected chi connectivity index (χ0v) is 4.48. The van der Waals surface area contributed by atoms with E-state index in [9.17, 15) is 0 Å². The van der Waals surface area contributed by atoms with E-state index in [1.807, 2.05) is 0 Å². The normalized spacial score (nSPS) is 22.7. The molecule has 1 aliphatic rings. The Hall–Kier alpha value is -0.0151. The third-order valence-electron chi connectivity index (χ3n) is 1.35. The number of hydrogen-bond acceptors (Lipinski definition) is 2. The second kappa shape index (κ2) is 2.33. The fraction of sp³-hybridized carbons (Fsp3) is 1.00. The molecule has 40 valence electrons. The van der Waals surface area contributed by atoms with E-state index in [0.29, 0.717) is 0 Å². The molecule has 7 heavy (non-hydrogen) atoms. The van der Waals surface area contributed by atoms with Gasteiger partial charge >= 0.3 is 6.98 Å². The van der Waals surface area contributed by atoms with E-state index in [2.05, 4.69) is 5.23 Å². The molecule has 0 amide bonds. The molecule has 0 aromatic rings. The number of nitrogens with two attached hydrogens (primary N) is 1. The Morgan fingerprint density at radius 3 is 2.57 bits per heavy atom. The van der Waals surface area contributed by atoms with Crippen molar-refractivity contribution in [2.24, 2.45) is 5.64 Å². The minimum atomic E-state index is 0.286. The molecule has 1 rings (SSSR count). The number of rotatable bonds is 0. The number of nitrogens with one attached hydrogen (secondary N) is 1. The lowest BCUT2D eigenvalue weighted by Gasteiger charge is -2.14. The largest absolute Gasteiger partial charge is 0.356 e. The molecule has 1 aliphatic heterocycles. The van der Waals surface area contributed by atoms with Crippen LogP contribution in [0.25, 0.3) is 0 Å². The van der Waals surface area contributed by atoms with Crippen molar-refractivity contribution in [3.8, 4) is 0 Å². The first-order valence-corrected chi connectivity index (χ1v) is 2.88. The Kier molecular flexibility index (Phi) is 1.71. The Balaban J connectivity index is 2.12. The molecule has 2 nitrogen and oxygen atoms in total. The van der Waals surface area contributed by atoms with Gasteiger partial charge in [0.1, 0.15) is 0 Å². The molecule has 0 radical (unpaired) electrons. The average molecular weight is 98.0 g/mol. The summed E-state index contributed by atoms with van der Waals surface area (Å²) < 4.78 is 0. The molecule has 0 saturated carbocycles. The maximum absolute atomic E-state index is 5.52. The van der Waals surface area contributed by atoms with Crippen LogP contribution in [0.5, 0.6) is 0 Å². The summed E-state index contributed by atoms with van der Waals surface area (Å²) in [6.07, 6.45) is 3.75. The van der Waals surface area contributed by atoms with Gasteiger partial charge < -0.3 is 10.9 Å². The van der Waals surface area contributed by atoms with E-state index in [1.54, 1.807) is 0 Å². The van der Waals surface area contributed by atoms with Gasteiger partial charge in [0.25, 0.3) is 0 Å². The highest BCUT2D eigenvalue weighted by Crippen LogP contribution is 2.00. The van der Waals surface area contributed by atoms with Gasteiger partial charge in [-0.2, -0.15) is 0 Å². The van der Waals surface area contributed by atoms with Crippen LogP contribution >= 0.6 is 0 Å². The zero-order valence-electron chi connectivity index (χ0n) is 4.48. The third kappa shape index (κ3) is 1.49. The summed E-state index contributed by atoms with van der Waals surface area (Å²) >= 11 is 0. The molecule has 1 fully saturated rings. The summed E-state index contributed by atoms with van der Waals surface area (Å²) in [6, 6.07) is 0. The first-order valence-electron chi connectivity index (χ1n) is 2.88. The van der Waals surface area contributed by atoms with Gasteiger partial charge in [-0.1, -0.05) is 6.42 Å². The van der Waals surface area contributed by atoms with Gasteiger partial charge in [-0.15, -0.1) is 0 Å². The van der Waals surface area contributed by atoms with Crippen LogP contribution in [0, 0.1) is 0 Å². The zero-order chi connectivity index (χ0) is 5.11. The van der Waals surface area contributed by atoms with Gasteiger partial charge in [0.05, 0.1) is 0 Å². The molecule has 0 aromatic carbocycles. The third-order valence-corrected chi connectivity index (χ3v) is 1.35. The lowest BCUT2D eigenvalue weighted by atomic mass is 9.70. The maximum Gasteiger partial charge on any atom is 0.302 e. The van der Waals surface area contributed by atoms with Gasteiger partial charge in [-0.05, 0) is 19.3 Å². The van der Waals surface area contributed by atoms with Crippen LogP contribution in [0.1, 0.15) is 12.8 Å². The van der Waals surface area contributed by atoms with E-state index >= 15 is 0 Å². The lowest BCUT2D eigenvalue weighted by Crippen LogP contribution is -2.45. The molecule has 0 spiro atoms. The molecule has 0 aliphatic carbocycles. The fourth-order valence-corrected chi connectivity index (χ4v) is 0.879. The van der Waals surface area contributed by atoms with Gasteiger partial charge in [0, 0.05) is 0 Å². The smallest absolute Gasteiger partial charge is 0.302 e. The molecule has 0 unspecified atom stereocenters. The van der Waals surface area contributed by atoms with E-state index in [-0.39, 0.29) is 6.98 Å². The van der Waals surface area contributed by atoms with E-state index in [4.69, 9.17) is 5.64 Å². The van der Waals surface area contributed by atoms with Crippen LogP contribution in [0.2, 0.25) is 6.32 Å². The van der Waals surface area contributed by atoms with Crippen LogP contribution in [-0.2, 0) is 0 Å². The maximum atomic E-state index is 5.52. The summed E-state index contributed by atoms with van der Waals surface area (Å²) in [5.41, 5.74) is 5.52. The average Bonchev–Trinajstić information content (AvgIpc) is 1.69. The number of hydrogen-bond donors (Lipinski definition) is 2. The van der Waals surface area contributed by atoms with Crippen LogP contribution in [0.3, 0.4) is 0 Å². The van der Waals surface area contributed by atoms with Crippen molar-refractivity contribution in [2.45, 2.75) is 19.2 Å². The Morgan fingerprint density at radius 2 is 2.29 bits per heavy atom. The second-order valence-corrected chi connectivity index (χ2v) is 2.06. The molecule has 0 atom stereocenters. The molecule has 3 N–H and O–H groups in total. The Bertz CT molecular complexity index is 51.7. The van der Waals surface area contributed by atoms with Crippen molar-refractivity contribution < 1.29 is 0 Å². The van der Waals surface area contributed by atoms with Crippen LogP contribution < -0.4 is 10.9 Å². The predicted molar refractivity (Wildman–Crippen MR) is 32.0 cm³/mol. The Labute approximate surface area is 44.6 Å². The topological polar surface area (TPSA) is 38.0 Å². The molecule has 1 heterocycles. The summed E-state index contributed by atoms with van der Waals surface area (Å²) in [6.45, 7) is 1.40. The lowest BCUT2D eigenvalue weighted by molar-refractivity contribution is 0.706. The minimum absolute atomic E-state index is 0.286. The molecule has 0 aromatic heterocycles. The first kappa shape index (κ1) is 5.13. The molecular formula is C4H11BN2. The standard InChI is InChI=1S/C4H11BN2/c6-5-3-1-2-4-7-5/h7H,1-4,6H2. The van der Waals surface area contributed by atoms with Crippen LogP contribution in [0.4, 0.5) is 0 Å². The van der Waals surface area contributed by atoms with Crippen molar-refractivity contribution in [1.29, 1.82) is 0 Å². The Morgan fingerprint density at radius 1 is 1.43 bits per heavy atom. The van der Waals surface area contributed by atoms with Gasteiger partial charge in [-0.25, -0.2) is 0 Å². The monoisotopic (exact) mass is 98.1 g/mol. The first-order chi connectivity index (χ1) is 3.39. The molecule has 1 saturated heterocycles. The highest BCUT2D eigenvalue weighted by Gasteiger charge is 2.10. The summed E-state index contributed by atoms with van der Waals surface area (Å²) in [4.78, 5) is 0. The predicted octanol–water partition coefficient (Wildman–Crippen LogP) is -0.183. The second-order valence-electron chi connectivity index (χ2n) is 2.06. The van der Waals surface area contributed by atoms with E-state index in [0.717, 1.165) is 12.9 Å². The van der Waals surface area contributed by atoms with E-state index in [1.165, 1.54) is 12.8 Å². The summed E-state index contributed by atoms with van der Waals surface area (Å²) in [5.74, 6) is 0. The quantitative estimate of drug-likeness (QED) is 0.412. The van der Waals surface area contributed by atoms with Gasteiger partial charge in [0.15, 0.2) is 0 Å². The van der Waals surface area contributed by atoms with Crippen LogP contribution in [-0.4, -0.2) is 13.5 Å². The van der Waals surface area contributed by atoms with Crippen molar-refractivity contribution in [1.82, 2.24) is 5.23 Å². The van der Waals surface area contributed by atoms with E-state index < -0.39 is 0 Å². The van der Waals surface area contributed by atoms with Crippen LogP contribution in [0.15, 0.2) is 0 Å². The van der Waals surface area contributed by atoms with Crippen molar-refractivity contribution in [3.63, 3.8) is 0 Å². The summed E-state index contributed by atoms with van der Waals surface area (Å²) in [5, 5.41) is 3.16.